The van der Waals surface area contributed by atoms with Gasteiger partial charge in [0.25, 0.3) is 10.0 Å². The summed E-state index contributed by atoms with van der Waals surface area (Å²) in [5, 5.41) is 9.05. The van der Waals surface area contributed by atoms with Crippen LogP contribution in [-0.4, -0.2) is 28.9 Å². The summed E-state index contributed by atoms with van der Waals surface area (Å²) >= 11 is 9.73. The van der Waals surface area contributed by atoms with E-state index in [1.54, 1.807) is 6.92 Å². The molecular formula is C10H7BrClN3O4S2. The molecule has 0 bridgehead atoms. The molecule has 0 aliphatic heterocycles. The lowest BCUT2D eigenvalue weighted by Gasteiger charge is -2.08. The molecule has 0 atom stereocenters. The van der Waals surface area contributed by atoms with Crippen LogP contribution in [0.3, 0.4) is 0 Å². The van der Waals surface area contributed by atoms with Crippen molar-refractivity contribution in [1.29, 1.82) is 0 Å². The highest BCUT2D eigenvalue weighted by molar-refractivity contribution is 9.10. The molecule has 2 N–H and O–H groups in total. The Morgan fingerprint density at radius 1 is 1.48 bits per heavy atom. The fourth-order valence-corrected chi connectivity index (χ4v) is 4.04. The van der Waals surface area contributed by atoms with Crippen molar-refractivity contribution in [2.45, 2.75) is 11.8 Å². The number of aromatic carboxylic acids is 1. The molecule has 7 nitrogen and oxygen atoms in total. The van der Waals surface area contributed by atoms with Gasteiger partial charge in [-0.05, 0) is 35.0 Å². The number of aryl methyl sites for hydroxylation is 1. The van der Waals surface area contributed by atoms with Crippen molar-refractivity contribution in [1.82, 2.24) is 9.36 Å². The fourth-order valence-electron chi connectivity index (χ4n) is 1.39. The van der Waals surface area contributed by atoms with Gasteiger partial charge in [0.1, 0.15) is 5.82 Å². The molecule has 0 saturated heterocycles. The summed E-state index contributed by atoms with van der Waals surface area (Å²) in [6.07, 6.45) is 0. The van der Waals surface area contributed by atoms with Crippen LogP contribution in [0.2, 0.25) is 5.02 Å². The molecule has 0 amide bonds. The van der Waals surface area contributed by atoms with Crippen molar-refractivity contribution >= 4 is 60.2 Å². The van der Waals surface area contributed by atoms with E-state index in [9.17, 15) is 13.2 Å². The first-order valence-electron chi connectivity index (χ1n) is 5.26. The maximum atomic E-state index is 12.2. The van der Waals surface area contributed by atoms with Gasteiger partial charge < -0.3 is 5.11 Å². The Bertz CT molecular complexity index is 822. The van der Waals surface area contributed by atoms with Gasteiger partial charge in [0.05, 0.1) is 15.5 Å². The maximum absolute atomic E-state index is 12.2. The Labute approximate surface area is 137 Å². The summed E-state index contributed by atoms with van der Waals surface area (Å²) in [6, 6.07) is 2.19. The SMILES string of the molecule is Cc1nsc(NS(=O)(=O)c2cc(Br)c(Cl)c(C(=O)O)c2)n1. The number of nitrogens with one attached hydrogen (secondary N) is 1. The van der Waals surface area contributed by atoms with Crippen LogP contribution >= 0.6 is 39.1 Å². The number of aromatic nitrogens is 2. The zero-order valence-electron chi connectivity index (χ0n) is 10.3. The van der Waals surface area contributed by atoms with E-state index >= 15 is 0 Å². The summed E-state index contributed by atoms with van der Waals surface area (Å²) in [5.41, 5.74) is -0.320. The minimum Gasteiger partial charge on any atom is -0.478 e. The normalized spacial score (nSPS) is 11.4. The van der Waals surface area contributed by atoms with E-state index in [-0.39, 0.29) is 25.1 Å². The number of hydrogen-bond acceptors (Lipinski definition) is 6. The molecule has 0 radical (unpaired) electrons. The predicted molar refractivity (Wildman–Crippen MR) is 81.6 cm³/mol. The molecule has 2 rings (SSSR count). The zero-order valence-corrected chi connectivity index (χ0v) is 14.3. The van der Waals surface area contributed by atoms with Gasteiger partial charge in [0.15, 0.2) is 0 Å². The van der Waals surface area contributed by atoms with Gasteiger partial charge in [0, 0.05) is 16.0 Å². The molecule has 1 aromatic carbocycles. The molecule has 0 aliphatic rings. The second-order valence-corrected chi connectivity index (χ2v) is 7.49. The molecule has 0 fully saturated rings. The second kappa shape index (κ2) is 5.87. The van der Waals surface area contributed by atoms with E-state index in [2.05, 4.69) is 30.0 Å². The van der Waals surface area contributed by atoms with Gasteiger partial charge in [-0.2, -0.15) is 4.37 Å². The van der Waals surface area contributed by atoms with Crippen LogP contribution in [0.4, 0.5) is 5.13 Å². The number of halogens is 2. The second-order valence-electron chi connectivity index (χ2n) is 3.82. The number of nitrogens with zero attached hydrogens (tertiary/aromatic N) is 2. The summed E-state index contributed by atoms with van der Waals surface area (Å²) in [7, 11) is -3.99. The minimum absolute atomic E-state index is 0.0757. The molecule has 2 aromatic rings. The van der Waals surface area contributed by atoms with Gasteiger partial charge in [0.2, 0.25) is 5.13 Å². The van der Waals surface area contributed by atoms with Crippen LogP contribution in [0.25, 0.3) is 0 Å². The molecule has 0 aliphatic carbocycles. The first-order chi connectivity index (χ1) is 9.70. The van der Waals surface area contributed by atoms with Gasteiger partial charge in [-0.3, -0.25) is 4.72 Å². The molecule has 1 aromatic heterocycles. The number of carbonyl (C=O) groups is 1. The van der Waals surface area contributed by atoms with Crippen LogP contribution < -0.4 is 4.72 Å². The number of benzene rings is 1. The van der Waals surface area contributed by atoms with E-state index in [4.69, 9.17) is 16.7 Å². The summed E-state index contributed by atoms with van der Waals surface area (Å²) < 4.78 is 30.7. The molecular weight excluding hydrogens is 406 g/mol. The number of sulfonamides is 1. The lowest BCUT2D eigenvalue weighted by Crippen LogP contribution is -2.14. The number of carboxylic acids is 1. The lowest BCUT2D eigenvalue weighted by atomic mass is 10.2. The van der Waals surface area contributed by atoms with Gasteiger partial charge in [-0.25, -0.2) is 18.2 Å². The number of hydrogen-bond donors (Lipinski definition) is 2. The highest BCUT2D eigenvalue weighted by Crippen LogP contribution is 2.30. The molecule has 1 heterocycles. The Kier molecular flexibility index (Phi) is 4.51. The summed E-state index contributed by atoms with van der Waals surface area (Å²) in [4.78, 5) is 14.7. The van der Waals surface area contributed by atoms with Crippen LogP contribution in [0, 0.1) is 6.92 Å². The zero-order chi connectivity index (χ0) is 15.8. The molecule has 112 valence electrons. The molecule has 11 heteroatoms. The highest BCUT2D eigenvalue weighted by atomic mass is 79.9. The van der Waals surface area contributed by atoms with Crippen LogP contribution in [0.5, 0.6) is 0 Å². The fraction of sp³-hybridized carbons (Fsp3) is 0.100. The van der Waals surface area contributed by atoms with E-state index in [0.717, 1.165) is 17.6 Å². The van der Waals surface area contributed by atoms with Crippen molar-refractivity contribution in [3.63, 3.8) is 0 Å². The molecule has 0 unspecified atom stereocenters. The first kappa shape index (κ1) is 16.1. The highest BCUT2D eigenvalue weighted by Gasteiger charge is 2.22. The van der Waals surface area contributed by atoms with Crippen LogP contribution in [0.1, 0.15) is 16.2 Å². The largest absolute Gasteiger partial charge is 0.478 e. The van der Waals surface area contributed by atoms with E-state index in [1.807, 2.05) is 0 Å². The first-order valence-corrected chi connectivity index (χ1v) is 8.69. The standard InChI is InChI=1S/C10H7BrClN3O4S2/c1-4-13-10(20-14-4)15-21(18,19)5-2-6(9(16)17)8(12)7(11)3-5/h2-3H,1H3,(H,16,17)(H,13,14,15). The quantitative estimate of drug-likeness (QED) is 0.799. The average molecular weight is 413 g/mol. The Balaban J connectivity index is 2.47. The summed E-state index contributed by atoms with van der Waals surface area (Å²) in [6.45, 7) is 1.62. The molecule has 0 saturated carbocycles. The maximum Gasteiger partial charge on any atom is 0.337 e. The van der Waals surface area contributed by atoms with Gasteiger partial charge >= 0.3 is 5.97 Å². The van der Waals surface area contributed by atoms with Crippen molar-refractivity contribution < 1.29 is 18.3 Å². The smallest absolute Gasteiger partial charge is 0.337 e. The van der Waals surface area contributed by atoms with Crippen molar-refractivity contribution in [2.24, 2.45) is 0 Å². The van der Waals surface area contributed by atoms with Gasteiger partial charge in [-0.15, -0.1) is 0 Å². The van der Waals surface area contributed by atoms with E-state index in [1.165, 1.54) is 6.07 Å². The average Bonchev–Trinajstić information content (AvgIpc) is 2.76. The van der Waals surface area contributed by atoms with Crippen LogP contribution in [-0.2, 0) is 10.0 Å². The number of carboxylic acid groups (broad SMARTS) is 1. The van der Waals surface area contributed by atoms with Gasteiger partial charge in [-0.1, -0.05) is 11.6 Å². The Morgan fingerprint density at radius 2 is 2.14 bits per heavy atom. The third-order valence-corrected chi connectivity index (χ3v) is 5.72. The summed E-state index contributed by atoms with van der Waals surface area (Å²) in [5.74, 6) is -0.897. The topological polar surface area (TPSA) is 109 Å². The monoisotopic (exact) mass is 411 g/mol. The minimum atomic E-state index is -3.99. The number of anilines is 1. The Hall–Kier alpha value is -1.23. The van der Waals surface area contributed by atoms with Crippen LogP contribution in [0.15, 0.2) is 21.5 Å². The predicted octanol–water partition coefficient (Wildman–Crippen LogP) is 2.76. The molecule has 21 heavy (non-hydrogen) atoms. The molecule has 0 spiro atoms. The third kappa shape index (κ3) is 3.51. The lowest BCUT2D eigenvalue weighted by molar-refractivity contribution is 0.0696. The Morgan fingerprint density at radius 3 is 2.67 bits per heavy atom. The van der Waals surface area contributed by atoms with Crippen molar-refractivity contribution in [2.75, 3.05) is 4.72 Å². The van der Waals surface area contributed by atoms with Crippen molar-refractivity contribution in [3.8, 4) is 0 Å². The number of rotatable bonds is 4. The van der Waals surface area contributed by atoms with E-state index in [0.29, 0.717) is 5.82 Å². The van der Waals surface area contributed by atoms with Crippen molar-refractivity contribution in [3.05, 3.63) is 33.0 Å². The van der Waals surface area contributed by atoms with E-state index < -0.39 is 16.0 Å². The third-order valence-electron chi connectivity index (χ3n) is 2.29.